The molecule has 0 radical (unpaired) electrons. The molecule has 6 nitrogen and oxygen atoms in total. The van der Waals surface area contributed by atoms with Gasteiger partial charge in [0.05, 0.1) is 12.3 Å². The van der Waals surface area contributed by atoms with E-state index in [1.165, 1.54) is 0 Å². The highest BCUT2D eigenvalue weighted by molar-refractivity contribution is 6.30. The Bertz CT molecular complexity index is 699. The minimum atomic E-state index is -0.664. The molecule has 2 aromatic rings. The van der Waals surface area contributed by atoms with E-state index in [1.54, 1.807) is 37.5 Å². The fourth-order valence-electron chi connectivity index (χ4n) is 2.32. The SMILES string of the molecule is CC(NC(=O)c1ccc(Cl)cc1)C(=O)NCC(c1ccco1)N(C)C. The van der Waals surface area contributed by atoms with E-state index < -0.39 is 6.04 Å². The lowest BCUT2D eigenvalue weighted by Gasteiger charge is -2.23. The van der Waals surface area contributed by atoms with Crippen LogP contribution in [0.5, 0.6) is 0 Å². The maximum absolute atomic E-state index is 12.3. The van der Waals surface area contributed by atoms with Crippen molar-refractivity contribution in [3.63, 3.8) is 0 Å². The summed E-state index contributed by atoms with van der Waals surface area (Å²) < 4.78 is 5.41. The Hall–Kier alpha value is -2.31. The van der Waals surface area contributed by atoms with E-state index in [9.17, 15) is 9.59 Å². The van der Waals surface area contributed by atoms with Gasteiger partial charge in [0, 0.05) is 17.1 Å². The summed E-state index contributed by atoms with van der Waals surface area (Å²) in [5, 5.41) is 6.06. The molecule has 2 amide bonds. The first-order valence-corrected chi connectivity index (χ1v) is 8.30. The molecule has 0 saturated heterocycles. The number of rotatable bonds is 7. The number of hydrogen-bond donors (Lipinski definition) is 2. The molecule has 0 saturated carbocycles. The third-order valence-electron chi connectivity index (χ3n) is 3.81. The van der Waals surface area contributed by atoms with Crippen molar-refractivity contribution in [2.45, 2.75) is 19.0 Å². The highest BCUT2D eigenvalue weighted by Crippen LogP contribution is 2.17. The van der Waals surface area contributed by atoms with Gasteiger partial charge in [-0.25, -0.2) is 0 Å². The Morgan fingerprint density at radius 3 is 2.44 bits per heavy atom. The minimum Gasteiger partial charge on any atom is -0.468 e. The second-order valence-electron chi connectivity index (χ2n) is 5.94. The second kappa shape index (κ2) is 8.69. The minimum absolute atomic E-state index is 0.0851. The van der Waals surface area contributed by atoms with Crippen molar-refractivity contribution in [3.8, 4) is 0 Å². The van der Waals surface area contributed by atoms with E-state index in [0.29, 0.717) is 17.1 Å². The molecule has 25 heavy (non-hydrogen) atoms. The van der Waals surface area contributed by atoms with Gasteiger partial charge in [-0.1, -0.05) is 11.6 Å². The summed E-state index contributed by atoms with van der Waals surface area (Å²) in [6.07, 6.45) is 1.60. The Labute approximate surface area is 152 Å². The van der Waals surface area contributed by atoms with Crippen LogP contribution in [0.15, 0.2) is 47.1 Å². The van der Waals surface area contributed by atoms with Crippen LogP contribution >= 0.6 is 11.6 Å². The first kappa shape index (κ1) is 19.0. The zero-order valence-corrected chi connectivity index (χ0v) is 15.2. The summed E-state index contributed by atoms with van der Waals surface area (Å²) in [5.74, 6) is 0.179. The lowest BCUT2D eigenvalue weighted by molar-refractivity contribution is -0.122. The summed E-state index contributed by atoms with van der Waals surface area (Å²) in [5.41, 5.74) is 0.450. The number of likely N-dealkylation sites (N-methyl/N-ethyl adjacent to an activating group) is 1. The zero-order chi connectivity index (χ0) is 18.4. The molecule has 134 valence electrons. The van der Waals surface area contributed by atoms with Gasteiger partial charge >= 0.3 is 0 Å². The molecule has 0 aliphatic carbocycles. The molecule has 0 bridgehead atoms. The Balaban J connectivity index is 1.89. The molecule has 0 aliphatic heterocycles. The van der Waals surface area contributed by atoms with E-state index in [-0.39, 0.29) is 17.9 Å². The van der Waals surface area contributed by atoms with Crippen molar-refractivity contribution in [2.24, 2.45) is 0 Å². The third kappa shape index (κ3) is 5.34. The van der Waals surface area contributed by atoms with Gasteiger partial charge in [-0.15, -0.1) is 0 Å². The fourth-order valence-corrected chi connectivity index (χ4v) is 2.44. The summed E-state index contributed by atoms with van der Waals surface area (Å²) in [6, 6.07) is 9.41. The van der Waals surface area contributed by atoms with Crippen LogP contribution in [0.25, 0.3) is 0 Å². The molecule has 2 atom stereocenters. The van der Waals surface area contributed by atoms with Crippen molar-refractivity contribution < 1.29 is 14.0 Å². The van der Waals surface area contributed by atoms with Crippen LogP contribution in [0.4, 0.5) is 0 Å². The van der Waals surface area contributed by atoms with E-state index in [1.807, 2.05) is 31.1 Å². The van der Waals surface area contributed by atoms with Crippen LogP contribution in [0.1, 0.15) is 29.1 Å². The van der Waals surface area contributed by atoms with Crippen LogP contribution < -0.4 is 10.6 Å². The molecule has 0 spiro atoms. The molecular weight excluding hydrogens is 342 g/mol. The summed E-state index contributed by atoms with van der Waals surface area (Å²) >= 11 is 5.80. The zero-order valence-electron chi connectivity index (χ0n) is 14.5. The van der Waals surface area contributed by atoms with E-state index in [0.717, 1.165) is 5.76 Å². The number of benzene rings is 1. The average molecular weight is 364 g/mol. The van der Waals surface area contributed by atoms with Crippen LogP contribution in [-0.2, 0) is 4.79 Å². The van der Waals surface area contributed by atoms with Crippen molar-refractivity contribution in [3.05, 3.63) is 59.0 Å². The van der Waals surface area contributed by atoms with Crippen LogP contribution in [0.2, 0.25) is 5.02 Å². The normalized spacial score (nSPS) is 13.3. The molecule has 1 aromatic heterocycles. The summed E-state index contributed by atoms with van der Waals surface area (Å²) in [6.45, 7) is 2.02. The molecule has 1 heterocycles. The topological polar surface area (TPSA) is 74.6 Å². The van der Waals surface area contributed by atoms with Gasteiger partial charge in [-0.3, -0.25) is 14.5 Å². The molecular formula is C18H22ClN3O3. The smallest absolute Gasteiger partial charge is 0.251 e. The van der Waals surface area contributed by atoms with Gasteiger partial charge in [0.1, 0.15) is 11.8 Å². The first-order valence-electron chi connectivity index (χ1n) is 7.92. The highest BCUT2D eigenvalue weighted by atomic mass is 35.5. The van der Waals surface area contributed by atoms with Gasteiger partial charge in [0.15, 0.2) is 0 Å². The van der Waals surface area contributed by atoms with Crippen molar-refractivity contribution in [1.29, 1.82) is 0 Å². The molecule has 1 aromatic carbocycles. The van der Waals surface area contributed by atoms with Crippen molar-refractivity contribution >= 4 is 23.4 Å². The van der Waals surface area contributed by atoms with E-state index in [4.69, 9.17) is 16.0 Å². The monoisotopic (exact) mass is 363 g/mol. The Morgan fingerprint density at radius 1 is 1.20 bits per heavy atom. The summed E-state index contributed by atoms with van der Waals surface area (Å²) in [7, 11) is 3.82. The molecule has 2 unspecified atom stereocenters. The molecule has 2 N–H and O–H groups in total. The standard InChI is InChI=1S/C18H22ClN3O3/c1-12(21-18(24)13-6-8-14(19)9-7-13)17(23)20-11-15(22(2)3)16-5-4-10-25-16/h4-10,12,15H,11H2,1-3H3,(H,20,23)(H,21,24). The number of halogens is 1. The number of amides is 2. The van der Waals surface area contributed by atoms with Crippen LogP contribution in [0.3, 0.4) is 0 Å². The largest absolute Gasteiger partial charge is 0.468 e. The molecule has 2 rings (SSSR count). The number of furan rings is 1. The number of carbonyl (C=O) groups excluding carboxylic acids is 2. The average Bonchev–Trinajstić information content (AvgIpc) is 3.09. The second-order valence-corrected chi connectivity index (χ2v) is 6.38. The first-order chi connectivity index (χ1) is 11.9. The van der Waals surface area contributed by atoms with E-state index in [2.05, 4.69) is 10.6 Å². The van der Waals surface area contributed by atoms with Crippen molar-refractivity contribution in [1.82, 2.24) is 15.5 Å². The van der Waals surface area contributed by atoms with Gasteiger partial charge in [-0.2, -0.15) is 0 Å². The van der Waals surface area contributed by atoms with Gasteiger partial charge in [-0.05, 0) is 57.4 Å². The predicted octanol–water partition coefficient (Wildman–Crippen LogP) is 2.47. The third-order valence-corrected chi connectivity index (χ3v) is 4.06. The molecule has 7 heteroatoms. The lowest BCUT2D eigenvalue weighted by Crippen LogP contribution is -2.46. The lowest BCUT2D eigenvalue weighted by atomic mass is 10.2. The number of carbonyl (C=O) groups is 2. The maximum atomic E-state index is 12.3. The number of nitrogens with one attached hydrogen (secondary N) is 2. The maximum Gasteiger partial charge on any atom is 0.251 e. The van der Waals surface area contributed by atoms with Gasteiger partial charge < -0.3 is 15.1 Å². The van der Waals surface area contributed by atoms with Gasteiger partial charge in [0.25, 0.3) is 5.91 Å². The fraction of sp³-hybridized carbons (Fsp3) is 0.333. The Morgan fingerprint density at radius 2 is 1.88 bits per heavy atom. The van der Waals surface area contributed by atoms with E-state index >= 15 is 0 Å². The molecule has 0 fully saturated rings. The number of nitrogens with zero attached hydrogens (tertiary/aromatic N) is 1. The van der Waals surface area contributed by atoms with Crippen molar-refractivity contribution in [2.75, 3.05) is 20.6 Å². The predicted molar refractivity (Wildman–Crippen MR) is 96.5 cm³/mol. The highest BCUT2D eigenvalue weighted by Gasteiger charge is 2.21. The summed E-state index contributed by atoms with van der Waals surface area (Å²) in [4.78, 5) is 26.4. The quantitative estimate of drug-likeness (QED) is 0.792. The van der Waals surface area contributed by atoms with Gasteiger partial charge in [0.2, 0.25) is 5.91 Å². The van der Waals surface area contributed by atoms with Crippen LogP contribution in [0, 0.1) is 0 Å². The Kier molecular flexibility index (Phi) is 6.61. The molecule has 0 aliphatic rings. The van der Waals surface area contributed by atoms with Crippen LogP contribution in [-0.4, -0.2) is 43.4 Å². The number of hydrogen-bond acceptors (Lipinski definition) is 4.